The third kappa shape index (κ3) is 3.08. The Hall–Kier alpha value is -1.37. The zero-order chi connectivity index (χ0) is 17.6. The molecule has 2 fully saturated rings. The van der Waals surface area contributed by atoms with Crippen LogP contribution in [0.2, 0.25) is 0 Å². The van der Waals surface area contributed by atoms with Gasteiger partial charge in [-0.1, -0.05) is 6.07 Å². The van der Waals surface area contributed by atoms with Crippen LogP contribution in [0.1, 0.15) is 38.6 Å². The maximum Gasteiger partial charge on any atom is 0.264 e. The fourth-order valence-corrected chi connectivity index (χ4v) is 6.97. The zero-order valence-electron chi connectivity index (χ0n) is 14.6. The van der Waals surface area contributed by atoms with Gasteiger partial charge in [-0.25, -0.2) is 0 Å². The minimum absolute atomic E-state index is 0.213. The lowest BCUT2D eigenvalue weighted by molar-refractivity contribution is 0.0247. The smallest absolute Gasteiger partial charge is 0.264 e. The summed E-state index contributed by atoms with van der Waals surface area (Å²) in [6, 6.07) is 8.06. The second kappa shape index (κ2) is 6.66. The van der Waals surface area contributed by atoms with E-state index < -0.39 is 0 Å². The van der Waals surface area contributed by atoms with Crippen LogP contribution < -0.4 is 0 Å². The minimum atomic E-state index is 0.213. The Kier molecular flexibility index (Phi) is 4.30. The van der Waals surface area contributed by atoms with E-state index in [1.807, 2.05) is 34.9 Å². The monoisotopic (exact) mass is 386 g/mol. The van der Waals surface area contributed by atoms with Crippen molar-refractivity contribution in [2.24, 2.45) is 0 Å². The fraction of sp³-hybridized carbons (Fsp3) is 0.500. The van der Waals surface area contributed by atoms with E-state index in [0.717, 1.165) is 48.7 Å². The summed E-state index contributed by atoms with van der Waals surface area (Å²) < 4.78 is 6.27. The van der Waals surface area contributed by atoms with Crippen LogP contribution in [0.4, 0.5) is 0 Å². The first kappa shape index (κ1) is 16.8. The molecule has 6 heteroatoms. The molecule has 2 aliphatic heterocycles. The molecule has 26 heavy (non-hydrogen) atoms. The number of carbonyl (C=O) groups excluding carboxylic acids is 1. The number of rotatable bonds is 4. The second-order valence-corrected chi connectivity index (χ2v) is 10.2. The van der Waals surface area contributed by atoms with Crippen LogP contribution in [0.5, 0.6) is 0 Å². The summed E-state index contributed by atoms with van der Waals surface area (Å²) in [4.78, 5) is 21.5. The lowest BCUT2D eigenvalue weighted by atomic mass is 9.92. The number of thiophene rings is 1. The highest BCUT2D eigenvalue weighted by Crippen LogP contribution is 2.47. The molecule has 0 N–H and O–H groups in total. The van der Waals surface area contributed by atoms with Gasteiger partial charge in [0, 0.05) is 29.9 Å². The summed E-state index contributed by atoms with van der Waals surface area (Å²) in [5.41, 5.74) is 2.39. The second-order valence-electron chi connectivity index (χ2n) is 7.53. The number of likely N-dealkylation sites (tertiary alicyclic amines) is 1. The molecule has 1 aliphatic carbocycles. The van der Waals surface area contributed by atoms with Crippen molar-refractivity contribution in [2.75, 3.05) is 18.8 Å². The molecule has 5 rings (SSSR count). The molecule has 1 spiro atoms. The summed E-state index contributed by atoms with van der Waals surface area (Å²) >= 11 is 3.69. The molecule has 1 atom stereocenters. The Balaban J connectivity index is 1.14. The summed E-state index contributed by atoms with van der Waals surface area (Å²) in [7, 11) is 0. The molecule has 2 aromatic heterocycles. The summed E-state index contributed by atoms with van der Waals surface area (Å²) in [6.07, 6.45) is 6.66. The van der Waals surface area contributed by atoms with Gasteiger partial charge in [0.05, 0.1) is 28.0 Å². The van der Waals surface area contributed by atoms with Crippen molar-refractivity contribution in [3.63, 3.8) is 0 Å². The van der Waals surface area contributed by atoms with Crippen molar-refractivity contribution in [1.29, 1.82) is 0 Å². The Bertz CT molecular complexity index is 793. The van der Waals surface area contributed by atoms with E-state index in [4.69, 9.17) is 4.74 Å². The van der Waals surface area contributed by atoms with Crippen LogP contribution in [-0.2, 0) is 24.2 Å². The topological polar surface area (TPSA) is 42.4 Å². The van der Waals surface area contributed by atoms with Crippen molar-refractivity contribution in [1.82, 2.24) is 9.88 Å². The van der Waals surface area contributed by atoms with Crippen LogP contribution in [0.15, 0.2) is 30.5 Å². The van der Waals surface area contributed by atoms with Gasteiger partial charge in [0.25, 0.3) is 5.91 Å². The maximum absolute atomic E-state index is 12.8. The SMILES string of the molecule is O=C(c1cc2c(s1)CCC2)N1CC2(C[C@@H](OCc3ccccn3)CS2)C1. The lowest BCUT2D eigenvalue weighted by Gasteiger charge is -2.47. The molecule has 4 nitrogen and oxygen atoms in total. The first-order valence-corrected chi connectivity index (χ1v) is 11.1. The van der Waals surface area contributed by atoms with Crippen LogP contribution in [-0.4, -0.2) is 45.5 Å². The molecule has 0 radical (unpaired) electrons. The van der Waals surface area contributed by atoms with Crippen LogP contribution in [0.25, 0.3) is 0 Å². The molecule has 0 unspecified atom stereocenters. The minimum Gasteiger partial charge on any atom is -0.371 e. The van der Waals surface area contributed by atoms with E-state index in [0.29, 0.717) is 6.61 Å². The molecule has 0 bridgehead atoms. The predicted octanol–water partition coefficient (Wildman–Crippen LogP) is 3.55. The van der Waals surface area contributed by atoms with Gasteiger partial charge >= 0.3 is 0 Å². The number of pyridine rings is 1. The Labute approximate surface area is 162 Å². The predicted molar refractivity (Wildman–Crippen MR) is 105 cm³/mol. The van der Waals surface area contributed by atoms with Gasteiger partial charge in [-0.05, 0) is 49.4 Å². The Morgan fingerprint density at radius 2 is 2.27 bits per heavy atom. The van der Waals surface area contributed by atoms with Gasteiger partial charge in [-0.2, -0.15) is 0 Å². The van der Waals surface area contributed by atoms with Crippen molar-refractivity contribution < 1.29 is 9.53 Å². The van der Waals surface area contributed by atoms with Crippen molar-refractivity contribution in [3.05, 3.63) is 51.5 Å². The van der Waals surface area contributed by atoms with E-state index in [1.54, 1.807) is 17.5 Å². The largest absolute Gasteiger partial charge is 0.371 e. The number of carbonyl (C=O) groups is 1. The number of amides is 1. The van der Waals surface area contributed by atoms with Gasteiger partial charge < -0.3 is 9.64 Å². The molecule has 0 saturated carbocycles. The molecule has 4 heterocycles. The van der Waals surface area contributed by atoms with Crippen LogP contribution in [0.3, 0.4) is 0 Å². The van der Waals surface area contributed by atoms with E-state index in [1.165, 1.54) is 16.9 Å². The average Bonchev–Trinajstić information content (AvgIpc) is 3.33. The molecule has 2 aromatic rings. The Morgan fingerprint density at radius 3 is 3.08 bits per heavy atom. The van der Waals surface area contributed by atoms with Gasteiger partial charge in [-0.3, -0.25) is 9.78 Å². The van der Waals surface area contributed by atoms with E-state index >= 15 is 0 Å². The first-order chi connectivity index (χ1) is 12.7. The first-order valence-electron chi connectivity index (χ1n) is 9.27. The highest BCUT2D eigenvalue weighted by molar-refractivity contribution is 8.01. The van der Waals surface area contributed by atoms with Crippen molar-refractivity contribution >= 4 is 29.0 Å². The normalized spacial score (nSPS) is 23.2. The molecular weight excluding hydrogens is 364 g/mol. The third-order valence-corrected chi connectivity index (χ3v) is 8.37. The molecule has 0 aromatic carbocycles. The quantitative estimate of drug-likeness (QED) is 0.806. The molecule has 1 amide bonds. The summed E-state index contributed by atoms with van der Waals surface area (Å²) in [6.45, 7) is 2.30. The number of aryl methyl sites for hydroxylation is 2. The number of thioether (sulfide) groups is 1. The molecule has 136 valence electrons. The van der Waals surface area contributed by atoms with E-state index in [2.05, 4.69) is 11.1 Å². The summed E-state index contributed by atoms with van der Waals surface area (Å²) in [5, 5.41) is 0. The highest BCUT2D eigenvalue weighted by Gasteiger charge is 2.51. The van der Waals surface area contributed by atoms with Crippen LogP contribution >= 0.6 is 23.1 Å². The summed E-state index contributed by atoms with van der Waals surface area (Å²) in [5.74, 6) is 1.25. The van der Waals surface area contributed by atoms with E-state index in [-0.39, 0.29) is 16.8 Å². The number of ether oxygens (including phenoxy) is 1. The van der Waals surface area contributed by atoms with Crippen LogP contribution in [0, 0.1) is 0 Å². The van der Waals surface area contributed by atoms with Crippen molar-refractivity contribution in [3.8, 4) is 0 Å². The number of hydrogen-bond acceptors (Lipinski definition) is 5. The van der Waals surface area contributed by atoms with Gasteiger partial charge in [0.1, 0.15) is 0 Å². The molecule has 3 aliphatic rings. The fourth-order valence-electron chi connectivity index (χ4n) is 4.20. The van der Waals surface area contributed by atoms with Crippen molar-refractivity contribution in [2.45, 2.75) is 43.1 Å². The maximum atomic E-state index is 12.8. The molecular formula is C20H22N2O2S2. The number of fused-ring (bicyclic) bond motifs is 1. The third-order valence-electron chi connectivity index (χ3n) is 5.57. The average molecular weight is 387 g/mol. The number of nitrogens with zero attached hydrogens (tertiary/aromatic N) is 2. The number of aromatic nitrogens is 1. The van der Waals surface area contributed by atoms with Gasteiger partial charge in [0.15, 0.2) is 0 Å². The molecule has 2 saturated heterocycles. The van der Waals surface area contributed by atoms with Gasteiger partial charge in [-0.15, -0.1) is 23.1 Å². The standard InChI is InChI=1S/C20H22N2O2S2/c23-19(18-8-14-4-3-6-17(14)26-18)22-12-20(13-22)9-16(11-25-20)24-10-15-5-1-2-7-21-15/h1-2,5,7-8,16H,3-4,6,9-13H2/t16-/m1/s1. The number of hydrogen-bond donors (Lipinski definition) is 0. The van der Waals surface area contributed by atoms with E-state index in [9.17, 15) is 4.79 Å². The lowest BCUT2D eigenvalue weighted by Crippen LogP contribution is -2.60. The Morgan fingerprint density at radius 1 is 1.35 bits per heavy atom. The van der Waals surface area contributed by atoms with Gasteiger partial charge in [0.2, 0.25) is 0 Å². The zero-order valence-corrected chi connectivity index (χ0v) is 16.3. The highest BCUT2D eigenvalue weighted by atomic mass is 32.2.